The molecule has 68 valence electrons. The van der Waals surface area contributed by atoms with E-state index in [2.05, 4.69) is 5.32 Å². The van der Waals surface area contributed by atoms with Crippen LogP contribution < -0.4 is 11.1 Å². The number of nitrogens with two attached hydrogens (primary N) is 1. The van der Waals surface area contributed by atoms with Gasteiger partial charge in [-0.3, -0.25) is 0 Å². The topological polar surface area (TPSA) is 64.3 Å². The SMILES string of the molecule is CC(N)NC(=O)OC(C)C.Cl. The summed E-state index contributed by atoms with van der Waals surface area (Å²) < 4.78 is 4.73. The van der Waals surface area contributed by atoms with E-state index >= 15 is 0 Å². The van der Waals surface area contributed by atoms with Crippen LogP contribution in [0.4, 0.5) is 4.79 Å². The lowest BCUT2D eigenvalue weighted by Crippen LogP contribution is -2.40. The Kier molecular flexibility index (Phi) is 7.46. The zero-order chi connectivity index (χ0) is 8.15. The molecule has 0 rings (SSSR count). The highest BCUT2D eigenvalue weighted by molar-refractivity contribution is 5.85. The Labute approximate surface area is 72.9 Å². The number of amides is 1. The summed E-state index contributed by atoms with van der Waals surface area (Å²) in [7, 11) is 0. The van der Waals surface area contributed by atoms with E-state index < -0.39 is 6.09 Å². The molecule has 0 heterocycles. The molecule has 0 aromatic rings. The summed E-state index contributed by atoms with van der Waals surface area (Å²) in [4.78, 5) is 10.7. The molecule has 0 bridgehead atoms. The van der Waals surface area contributed by atoms with Gasteiger partial charge in [0.2, 0.25) is 0 Å². The van der Waals surface area contributed by atoms with Gasteiger partial charge in [0.25, 0.3) is 0 Å². The van der Waals surface area contributed by atoms with Crippen molar-refractivity contribution < 1.29 is 9.53 Å². The molecule has 11 heavy (non-hydrogen) atoms. The lowest BCUT2D eigenvalue weighted by molar-refractivity contribution is 0.113. The van der Waals surface area contributed by atoms with Crippen LogP contribution in [-0.4, -0.2) is 18.4 Å². The van der Waals surface area contributed by atoms with Crippen molar-refractivity contribution in [2.45, 2.75) is 33.0 Å². The first-order valence-electron chi connectivity index (χ1n) is 3.25. The maximum absolute atomic E-state index is 10.7. The predicted octanol–water partition coefficient (Wildman–Crippen LogP) is 0.847. The van der Waals surface area contributed by atoms with E-state index in [1.807, 2.05) is 0 Å². The maximum Gasteiger partial charge on any atom is 0.408 e. The molecule has 0 aliphatic heterocycles. The Morgan fingerprint density at radius 2 is 1.91 bits per heavy atom. The molecule has 1 atom stereocenters. The molecule has 4 nitrogen and oxygen atoms in total. The van der Waals surface area contributed by atoms with E-state index in [0.717, 1.165) is 0 Å². The summed E-state index contributed by atoms with van der Waals surface area (Å²) in [6.07, 6.45) is -0.921. The molecule has 0 saturated heterocycles. The van der Waals surface area contributed by atoms with Gasteiger partial charge in [-0.2, -0.15) is 0 Å². The molecular formula is C6H15ClN2O2. The van der Waals surface area contributed by atoms with E-state index in [-0.39, 0.29) is 24.7 Å². The molecule has 0 aromatic heterocycles. The van der Waals surface area contributed by atoms with Crippen molar-refractivity contribution in [3.05, 3.63) is 0 Å². The summed E-state index contributed by atoms with van der Waals surface area (Å²) in [5.41, 5.74) is 5.26. The summed E-state index contributed by atoms with van der Waals surface area (Å²) >= 11 is 0. The largest absolute Gasteiger partial charge is 0.447 e. The van der Waals surface area contributed by atoms with Crippen LogP contribution in [-0.2, 0) is 4.74 Å². The second-order valence-corrected chi connectivity index (χ2v) is 2.39. The van der Waals surface area contributed by atoms with Gasteiger partial charge < -0.3 is 15.8 Å². The molecule has 0 spiro atoms. The highest BCUT2D eigenvalue weighted by atomic mass is 35.5. The summed E-state index contributed by atoms with van der Waals surface area (Å²) in [5, 5.41) is 2.39. The third kappa shape index (κ3) is 9.52. The van der Waals surface area contributed by atoms with Gasteiger partial charge in [-0.05, 0) is 20.8 Å². The molecule has 0 aliphatic rings. The molecule has 1 unspecified atom stereocenters. The van der Waals surface area contributed by atoms with Gasteiger partial charge in [-0.15, -0.1) is 12.4 Å². The second-order valence-electron chi connectivity index (χ2n) is 2.39. The number of carbonyl (C=O) groups excluding carboxylic acids is 1. The number of hydrogen-bond acceptors (Lipinski definition) is 3. The monoisotopic (exact) mass is 182 g/mol. The Bertz CT molecular complexity index is 105. The third-order valence-corrected chi connectivity index (χ3v) is 0.688. The van der Waals surface area contributed by atoms with Crippen molar-refractivity contribution in [1.29, 1.82) is 0 Å². The van der Waals surface area contributed by atoms with E-state index in [1.165, 1.54) is 0 Å². The highest BCUT2D eigenvalue weighted by Crippen LogP contribution is 1.87. The fraction of sp³-hybridized carbons (Fsp3) is 0.833. The first kappa shape index (κ1) is 13.1. The number of halogens is 1. The second kappa shape index (κ2) is 6.24. The van der Waals surface area contributed by atoms with Gasteiger partial charge >= 0.3 is 6.09 Å². The van der Waals surface area contributed by atoms with E-state index in [4.69, 9.17) is 10.5 Å². The summed E-state index contributed by atoms with van der Waals surface area (Å²) in [6.45, 7) is 5.23. The van der Waals surface area contributed by atoms with Crippen LogP contribution in [0.2, 0.25) is 0 Å². The Morgan fingerprint density at radius 3 is 2.18 bits per heavy atom. The van der Waals surface area contributed by atoms with Crippen molar-refractivity contribution in [2.75, 3.05) is 0 Å². The minimum atomic E-state index is -0.468. The molecule has 0 aromatic carbocycles. The lowest BCUT2D eigenvalue weighted by Gasteiger charge is -2.11. The molecule has 0 saturated carbocycles. The lowest BCUT2D eigenvalue weighted by atomic mass is 10.5. The minimum Gasteiger partial charge on any atom is -0.447 e. The summed E-state index contributed by atoms with van der Waals surface area (Å²) in [6, 6.07) is 0. The fourth-order valence-corrected chi connectivity index (χ4v) is 0.434. The van der Waals surface area contributed by atoms with Crippen LogP contribution in [0.3, 0.4) is 0 Å². The zero-order valence-corrected chi connectivity index (χ0v) is 7.77. The summed E-state index contributed by atoms with van der Waals surface area (Å²) in [5.74, 6) is 0. The smallest absolute Gasteiger partial charge is 0.408 e. The first-order chi connectivity index (χ1) is 4.52. The van der Waals surface area contributed by atoms with Crippen molar-refractivity contribution >= 4 is 18.5 Å². The van der Waals surface area contributed by atoms with E-state index in [1.54, 1.807) is 20.8 Å². The number of rotatable bonds is 2. The molecule has 0 fully saturated rings. The van der Waals surface area contributed by atoms with Gasteiger partial charge in [0.15, 0.2) is 0 Å². The molecule has 0 aliphatic carbocycles. The third-order valence-electron chi connectivity index (χ3n) is 0.688. The fourth-order valence-electron chi connectivity index (χ4n) is 0.434. The van der Waals surface area contributed by atoms with Crippen LogP contribution in [0.1, 0.15) is 20.8 Å². The van der Waals surface area contributed by atoms with Gasteiger partial charge in [0.1, 0.15) is 0 Å². The molecule has 5 heteroatoms. The van der Waals surface area contributed by atoms with Gasteiger partial charge in [-0.25, -0.2) is 4.79 Å². The highest BCUT2D eigenvalue weighted by Gasteiger charge is 2.04. The Morgan fingerprint density at radius 1 is 1.45 bits per heavy atom. The van der Waals surface area contributed by atoms with Crippen molar-refractivity contribution in [1.82, 2.24) is 5.32 Å². The number of hydrogen-bond donors (Lipinski definition) is 2. The minimum absolute atomic E-state index is 0. The molecule has 1 amide bonds. The van der Waals surface area contributed by atoms with Crippen LogP contribution in [0.5, 0.6) is 0 Å². The normalized spacial score (nSPS) is 11.7. The predicted molar refractivity (Wildman–Crippen MR) is 45.7 cm³/mol. The molecular weight excluding hydrogens is 168 g/mol. The van der Waals surface area contributed by atoms with Gasteiger partial charge in [-0.1, -0.05) is 0 Å². The Balaban J connectivity index is 0. The van der Waals surface area contributed by atoms with Crippen LogP contribution in [0.15, 0.2) is 0 Å². The molecule has 3 N–H and O–H groups in total. The number of ether oxygens (including phenoxy) is 1. The Hall–Kier alpha value is -0.480. The maximum atomic E-state index is 10.7. The van der Waals surface area contributed by atoms with Crippen molar-refractivity contribution in [3.8, 4) is 0 Å². The average molecular weight is 183 g/mol. The zero-order valence-electron chi connectivity index (χ0n) is 6.96. The van der Waals surface area contributed by atoms with Gasteiger partial charge in [0.05, 0.1) is 12.3 Å². The number of nitrogens with one attached hydrogen (secondary N) is 1. The van der Waals surface area contributed by atoms with Crippen LogP contribution in [0.25, 0.3) is 0 Å². The molecule has 0 radical (unpaired) electrons. The standard InChI is InChI=1S/C6H14N2O2.ClH/c1-4(2)10-6(9)8-5(3)7;/h4-5H,7H2,1-3H3,(H,8,9);1H. The number of alkyl carbamates (subject to hydrolysis) is 1. The number of carbonyl (C=O) groups is 1. The quantitative estimate of drug-likeness (QED) is 0.623. The van der Waals surface area contributed by atoms with Crippen LogP contribution >= 0.6 is 12.4 Å². The van der Waals surface area contributed by atoms with E-state index in [9.17, 15) is 4.79 Å². The van der Waals surface area contributed by atoms with Crippen LogP contribution in [0, 0.1) is 0 Å². The van der Waals surface area contributed by atoms with Gasteiger partial charge in [0, 0.05) is 0 Å². The van der Waals surface area contributed by atoms with Crippen molar-refractivity contribution in [3.63, 3.8) is 0 Å². The average Bonchev–Trinajstić information content (AvgIpc) is 1.58. The first-order valence-corrected chi connectivity index (χ1v) is 3.25. The van der Waals surface area contributed by atoms with E-state index in [0.29, 0.717) is 0 Å². The van der Waals surface area contributed by atoms with Crippen molar-refractivity contribution in [2.24, 2.45) is 5.73 Å².